The number of carbonyl (C=O) groups excluding carboxylic acids is 1. The molecule has 82 valence electrons. The third-order valence-electron chi connectivity index (χ3n) is 2.60. The predicted molar refractivity (Wildman–Crippen MR) is 60.3 cm³/mol. The van der Waals surface area contributed by atoms with E-state index in [1.807, 2.05) is 13.0 Å². The maximum absolute atomic E-state index is 11.4. The Morgan fingerprint density at radius 3 is 2.29 bits per heavy atom. The fraction of sp³-hybridized carbons (Fsp3) is 0.727. The van der Waals surface area contributed by atoms with Gasteiger partial charge in [-0.05, 0) is 26.2 Å². The fourth-order valence-corrected chi connectivity index (χ4v) is 1.49. The minimum Gasteiger partial charge on any atom is -0.338 e. The molecular weight excluding hydrogens is 176 g/mol. The Morgan fingerprint density at radius 2 is 1.93 bits per heavy atom. The smallest absolute Gasteiger partial charge is 0.315 e. The van der Waals surface area contributed by atoms with Crippen LogP contribution in [-0.2, 0) is 0 Å². The van der Waals surface area contributed by atoms with Crippen LogP contribution in [0.3, 0.4) is 0 Å². The van der Waals surface area contributed by atoms with Gasteiger partial charge in [-0.1, -0.05) is 19.9 Å². The number of rotatable bonds is 6. The van der Waals surface area contributed by atoms with Gasteiger partial charge >= 0.3 is 6.03 Å². The van der Waals surface area contributed by atoms with E-state index in [9.17, 15) is 4.79 Å². The molecule has 0 bridgehead atoms. The molecule has 0 aromatic carbocycles. The van der Waals surface area contributed by atoms with Gasteiger partial charge in [-0.2, -0.15) is 0 Å². The van der Waals surface area contributed by atoms with Gasteiger partial charge in [-0.25, -0.2) is 4.79 Å². The Bertz CT molecular complexity index is 186. The summed E-state index contributed by atoms with van der Waals surface area (Å²) in [5, 5.41) is 5.75. The number of hydrogen-bond acceptors (Lipinski definition) is 1. The zero-order valence-electron chi connectivity index (χ0n) is 9.52. The van der Waals surface area contributed by atoms with E-state index < -0.39 is 0 Å². The van der Waals surface area contributed by atoms with Crippen LogP contribution < -0.4 is 10.6 Å². The molecule has 2 amide bonds. The summed E-state index contributed by atoms with van der Waals surface area (Å²) < 4.78 is 0. The molecule has 0 saturated heterocycles. The van der Waals surface area contributed by atoms with E-state index in [1.165, 1.54) is 0 Å². The van der Waals surface area contributed by atoms with E-state index in [4.69, 9.17) is 0 Å². The van der Waals surface area contributed by atoms with Crippen molar-refractivity contribution < 1.29 is 4.79 Å². The maximum atomic E-state index is 11.4. The summed E-state index contributed by atoms with van der Waals surface area (Å²) in [7, 11) is 0. The van der Waals surface area contributed by atoms with Crippen molar-refractivity contribution in [1.29, 1.82) is 0 Å². The molecule has 0 radical (unpaired) electrons. The third-order valence-corrected chi connectivity index (χ3v) is 2.60. The molecule has 0 aliphatic heterocycles. The fourth-order valence-electron chi connectivity index (χ4n) is 1.49. The molecule has 14 heavy (non-hydrogen) atoms. The van der Waals surface area contributed by atoms with Crippen LogP contribution in [0.15, 0.2) is 12.7 Å². The van der Waals surface area contributed by atoms with Crippen LogP contribution in [0, 0.1) is 0 Å². The Morgan fingerprint density at radius 1 is 1.36 bits per heavy atom. The van der Waals surface area contributed by atoms with Gasteiger partial charge in [0.15, 0.2) is 0 Å². The summed E-state index contributed by atoms with van der Waals surface area (Å²) in [6.45, 7) is 10.5. The molecule has 0 rings (SSSR count). The average molecular weight is 198 g/mol. The molecule has 0 aliphatic carbocycles. The van der Waals surface area contributed by atoms with Gasteiger partial charge in [0.1, 0.15) is 0 Å². The zero-order valence-corrected chi connectivity index (χ0v) is 9.52. The molecule has 0 fully saturated rings. The molecule has 0 aliphatic rings. The van der Waals surface area contributed by atoms with Gasteiger partial charge < -0.3 is 10.6 Å². The number of hydrogen-bond donors (Lipinski definition) is 2. The summed E-state index contributed by atoms with van der Waals surface area (Å²) in [4.78, 5) is 11.4. The van der Waals surface area contributed by atoms with Crippen molar-refractivity contribution in [2.75, 3.05) is 6.54 Å². The molecule has 0 aromatic heterocycles. The Kier molecular flexibility index (Phi) is 6.00. The van der Waals surface area contributed by atoms with Crippen LogP contribution in [0.4, 0.5) is 4.79 Å². The van der Waals surface area contributed by atoms with Crippen molar-refractivity contribution in [3.8, 4) is 0 Å². The van der Waals surface area contributed by atoms with Crippen LogP contribution in [0.2, 0.25) is 0 Å². The molecular formula is C11H22N2O. The molecule has 0 unspecified atom stereocenters. The van der Waals surface area contributed by atoms with Crippen molar-refractivity contribution in [1.82, 2.24) is 10.6 Å². The van der Waals surface area contributed by atoms with Crippen LogP contribution in [-0.4, -0.2) is 18.1 Å². The first-order chi connectivity index (χ1) is 6.64. The van der Waals surface area contributed by atoms with E-state index in [0.29, 0.717) is 6.54 Å². The molecule has 0 saturated carbocycles. The second-order valence-electron chi connectivity index (χ2n) is 3.46. The van der Waals surface area contributed by atoms with Crippen molar-refractivity contribution >= 4 is 6.03 Å². The highest BCUT2D eigenvalue weighted by Gasteiger charge is 2.25. The van der Waals surface area contributed by atoms with Crippen LogP contribution in [0.1, 0.15) is 40.0 Å². The van der Waals surface area contributed by atoms with Gasteiger partial charge in [0.05, 0.1) is 0 Å². The number of carbonyl (C=O) groups is 1. The Labute approximate surface area is 87.0 Å². The molecule has 2 N–H and O–H groups in total. The largest absolute Gasteiger partial charge is 0.338 e. The highest BCUT2D eigenvalue weighted by Crippen LogP contribution is 2.19. The lowest BCUT2D eigenvalue weighted by Gasteiger charge is -2.31. The Balaban J connectivity index is 4.33. The number of nitrogens with one attached hydrogen (secondary N) is 2. The van der Waals surface area contributed by atoms with Crippen LogP contribution in [0.5, 0.6) is 0 Å². The van der Waals surface area contributed by atoms with Crippen molar-refractivity contribution in [3.05, 3.63) is 12.7 Å². The highest BCUT2D eigenvalue weighted by molar-refractivity contribution is 5.74. The first kappa shape index (κ1) is 13.0. The number of amides is 2. The molecule has 0 aromatic rings. The zero-order chi connectivity index (χ0) is 11.0. The monoisotopic (exact) mass is 198 g/mol. The summed E-state index contributed by atoms with van der Waals surface area (Å²) in [5.74, 6) is 0. The predicted octanol–water partition coefficient (Wildman–Crippen LogP) is 2.44. The van der Waals surface area contributed by atoms with Crippen LogP contribution >= 0.6 is 0 Å². The van der Waals surface area contributed by atoms with Crippen molar-refractivity contribution in [3.63, 3.8) is 0 Å². The Hall–Kier alpha value is -0.990. The van der Waals surface area contributed by atoms with Crippen LogP contribution in [0.25, 0.3) is 0 Å². The quantitative estimate of drug-likeness (QED) is 0.632. The number of urea groups is 1. The highest BCUT2D eigenvalue weighted by atomic mass is 16.2. The summed E-state index contributed by atoms with van der Waals surface area (Å²) in [6.07, 6.45) is 4.52. The second-order valence-corrected chi connectivity index (χ2v) is 3.46. The topological polar surface area (TPSA) is 41.1 Å². The normalized spacial score (nSPS) is 10.8. The summed E-state index contributed by atoms with van der Waals surface area (Å²) in [5.41, 5.74) is -0.124. The van der Waals surface area contributed by atoms with E-state index in [2.05, 4.69) is 31.1 Å². The average Bonchev–Trinajstić information content (AvgIpc) is 2.17. The molecule has 3 heteroatoms. The lowest BCUT2D eigenvalue weighted by Crippen LogP contribution is -2.51. The lowest BCUT2D eigenvalue weighted by atomic mass is 9.89. The lowest BCUT2D eigenvalue weighted by molar-refractivity contribution is 0.221. The first-order valence-electron chi connectivity index (χ1n) is 5.31. The standard InChI is InChI=1S/C11H22N2O/c1-5-9-11(6-2,7-3)13-10(14)12-8-4/h5H,1,6-9H2,2-4H3,(H2,12,13,14). The van der Waals surface area contributed by atoms with Gasteiger partial charge in [-0.3, -0.25) is 0 Å². The van der Waals surface area contributed by atoms with Gasteiger partial charge in [0.25, 0.3) is 0 Å². The molecule has 0 spiro atoms. The molecule has 0 heterocycles. The third kappa shape index (κ3) is 3.81. The maximum Gasteiger partial charge on any atom is 0.315 e. The first-order valence-corrected chi connectivity index (χ1v) is 5.31. The minimum absolute atomic E-state index is 0.0851. The van der Waals surface area contributed by atoms with Crippen molar-refractivity contribution in [2.24, 2.45) is 0 Å². The molecule has 0 atom stereocenters. The van der Waals surface area contributed by atoms with E-state index in [1.54, 1.807) is 0 Å². The van der Waals surface area contributed by atoms with Gasteiger partial charge in [0.2, 0.25) is 0 Å². The van der Waals surface area contributed by atoms with Gasteiger partial charge in [-0.15, -0.1) is 6.58 Å². The van der Waals surface area contributed by atoms with Gasteiger partial charge in [0, 0.05) is 12.1 Å². The van der Waals surface area contributed by atoms with Crippen molar-refractivity contribution in [2.45, 2.75) is 45.6 Å². The van der Waals surface area contributed by atoms with E-state index >= 15 is 0 Å². The summed E-state index contributed by atoms with van der Waals surface area (Å²) >= 11 is 0. The minimum atomic E-state index is -0.124. The van der Waals surface area contributed by atoms with E-state index in [0.717, 1.165) is 19.3 Å². The second kappa shape index (κ2) is 6.46. The SMILES string of the molecule is C=CCC(CC)(CC)NC(=O)NCC. The molecule has 3 nitrogen and oxygen atoms in total. The summed E-state index contributed by atoms with van der Waals surface area (Å²) in [6, 6.07) is -0.0851. The van der Waals surface area contributed by atoms with E-state index in [-0.39, 0.29) is 11.6 Å².